The molecule has 19 heavy (non-hydrogen) atoms. The van der Waals surface area contributed by atoms with E-state index in [2.05, 4.69) is 5.32 Å². The molecule has 0 spiro atoms. The lowest BCUT2D eigenvalue weighted by Gasteiger charge is -2.07. The molecule has 0 unspecified atom stereocenters. The van der Waals surface area contributed by atoms with Crippen LogP contribution in [0.3, 0.4) is 0 Å². The van der Waals surface area contributed by atoms with Gasteiger partial charge in [0.05, 0.1) is 0 Å². The SMILES string of the molecule is O=C(Nc1cccc(Cl)c1)c1cc(O)c(O)c(O)c1. The van der Waals surface area contributed by atoms with Crippen molar-refractivity contribution in [3.63, 3.8) is 0 Å². The largest absolute Gasteiger partial charge is 0.504 e. The first-order chi connectivity index (χ1) is 8.97. The summed E-state index contributed by atoms with van der Waals surface area (Å²) in [5.74, 6) is -2.36. The fourth-order valence-corrected chi connectivity index (χ4v) is 1.70. The Balaban J connectivity index is 2.25. The van der Waals surface area contributed by atoms with E-state index < -0.39 is 23.2 Å². The first-order valence-corrected chi connectivity index (χ1v) is 5.67. The Labute approximate surface area is 113 Å². The Morgan fingerprint density at radius 3 is 2.26 bits per heavy atom. The summed E-state index contributed by atoms with van der Waals surface area (Å²) in [4.78, 5) is 11.9. The molecule has 0 aliphatic heterocycles. The second kappa shape index (κ2) is 5.07. The molecule has 0 saturated carbocycles. The van der Waals surface area contributed by atoms with Crippen LogP contribution in [0.4, 0.5) is 5.69 Å². The number of anilines is 1. The lowest BCUT2D eigenvalue weighted by atomic mass is 10.1. The maximum atomic E-state index is 11.9. The quantitative estimate of drug-likeness (QED) is 0.636. The van der Waals surface area contributed by atoms with Gasteiger partial charge in [0.2, 0.25) is 0 Å². The molecular formula is C13H10ClNO4. The highest BCUT2D eigenvalue weighted by Gasteiger charge is 2.13. The van der Waals surface area contributed by atoms with Gasteiger partial charge in [-0.3, -0.25) is 4.79 Å². The van der Waals surface area contributed by atoms with Gasteiger partial charge in [-0.15, -0.1) is 0 Å². The van der Waals surface area contributed by atoms with Gasteiger partial charge in [-0.25, -0.2) is 0 Å². The first kappa shape index (κ1) is 13.0. The van der Waals surface area contributed by atoms with Crippen LogP contribution in [0.5, 0.6) is 17.2 Å². The Kier molecular flexibility index (Phi) is 3.48. The molecule has 1 amide bonds. The minimum atomic E-state index is -0.667. The number of amides is 1. The molecule has 0 aliphatic rings. The van der Waals surface area contributed by atoms with Crippen LogP contribution in [0.1, 0.15) is 10.4 Å². The fraction of sp³-hybridized carbons (Fsp3) is 0. The molecule has 0 bridgehead atoms. The van der Waals surface area contributed by atoms with E-state index in [-0.39, 0.29) is 5.56 Å². The third-order valence-corrected chi connectivity index (χ3v) is 2.65. The number of phenols is 3. The zero-order chi connectivity index (χ0) is 14.0. The van der Waals surface area contributed by atoms with Gasteiger partial charge in [0.15, 0.2) is 17.2 Å². The summed E-state index contributed by atoms with van der Waals surface area (Å²) in [6.07, 6.45) is 0. The van der Waals surface area contributed by atoms with Crippen LogP contribution in [0.15, 0.2) is 36.4 Å². The summed E-state index contributed by atoms with van der Waals surface area (Å²) in [6.45, 7) is 0. The number of carbonyl (C=O) groups excluding carboxylic acids is 1. The summed E-state index contributed by atoms with van der Waals surface area (Å²) in [6, 6.07) is 8.63. The van der Waals surface area contributed by atoms with Gasteiger partial charge >= 0.3 is 0 Å². The normalized spacial score (nSPS) is 10.2. The molecule has 0 radical (unpaired) electrons. The van der Waals surface area contributed by atoms with Gasteiger partial charge < -0.3 is 20.6 Å². The summed E-state index contributed by atoms with van der Waals surface area (Å²) in [5, 5.41) is 30.9. The Bertz CT molecular complexity index is 619. The van der Waals surface area contributed by atoms with Crippen LogP contribution >= 0.6 is 11.6 Å². The van der Waals surface area contributed by atoms with Crippen molar-refractivity contribution in [3.05, 3.63) is 47.0 Å². The number of nitrogens with one attached hydrogen (secondary N) is 1. The van der Waals surface area contributed by atoms with Crippen molar-refractivity contribution < 1.29 is 20.1 Å². The predicted molar refractivity (Wildman–Crippen MR) is 70.8 cm³/mol. The second-order valence-electron chi connectivity index (χ2n) is 3.83. The number of hydrogen-bond donors (Lipinski definition) is 4. The Morgan fingerprint density at radius 2 is 1.68 bits per heavy atom. The molecule has 2 rings (SSSR count). The van der Waals surface area contributed by atoms with E-state index in [9.17, 15) is 20.1 Å². The molecule has 5 nitrogen and oxygen atoms in total. The Hall–Kier alpha value is -2.40. The lowest BCUT2D eigenvalue weighted by molar-refractivity contribution is 0.102. The predicted octanol–water partition coefficient (Wildman–Crippen LogP) is 2.71. The Morgan fingerprint density at radius 1 is 1.05 bits per heavy atom. The van der Waals surface area contributed by atoms with Crippen LogP contribution < -0.4 is 5.32 Å². The molecule has 0 saturated heterocycles. The molecule has 0 aliphatic carbocycles. The maximum absolute atomic E-state index is 11.9. The van der Waals surface area contributed by atoms with Gasteiger partial charge in [0.25, 0.3) is 5.91 Å². The summed E-state index contributed by atoms with van der Waals surface area (Å²) in [7, 11) is 0. The smallest absolute Gasteiger partial charge is 0.255 e. The molecule has 0 fully saturated rings. The highest BCUT2D eigenvalue weighted by molar-refractivity contribution is 6.30. The van der Waals surface area contributed by atoms with Gasteiger partial charge in [0.1, 0.15) is 0 Å². The minimum absolute atomic E-state index is 0.00720. The summed E-state index contributed by atoms with van der Waals surface area (Å²) < 4.78 is 0. The monoisotopic (exact) mass is 279 g/mol. The number of phenolic OH excluding ortho intramolecular Hbond substituents is 3. The molecule has 2 aromatic rings. The van der Waals surface area contributed by atoms with Crippen LogP contribution in [0, 0.1) is 0 Å². The third-order valence-electron chi connectivity index (χ3n) is 2.41. The molecular weight excluding hydrogens is 270 g/mol. The average Bonchev–Trinajstić information content (AvgIpc) is 2.35. The van der Waals surface area contributed by atoms with Gasteiger partial charge in [-0.2, -0.15) is 0 Å². The minimum Gasteiger partial charge on any atom is -0.504 e. The second-order valence-corrected chi connectivity index (χ2v) is 4.26. The van der Waals surface area contributed by atoms with E-state index in [4.69, 9.17) is 11.6 Å². The lowest BCUT2D eigenvalue weighted by Crippen LogP contribution is -2.11. The number of halogens is 1. The number of hydrogen-bond acceptors (Lipinski definition) is 4. The van der Waals surface area contributed by atoms with Crippen LogP contribution in [-0.2, 0) is 0 Å². The molecule has 6 heteroatoms. The zero-order valence-corrected chi connectivity index (χ0v) is 10.3. The van der Waals surface area contributed by atoms with Crippen molar-refractivity contribution in [2.45, 2.75) is 0 Å². The average molecular weight is 280 g/mol. The highest BCUT2D eigenvalue weighted by atomic mass is 35.5. The van der Waals surface area contributed by atoms with E-state index in [1.165, 1.54) is 0 Å². The maximum Gasteiger partial charge on any atom is 0.255 e. The molecule has 98 valence electrons. The van der Waals surface area contributed by atoms with Crippen molar-refractivity contribution >= 4 is 23.2 Å². The third kappa shape index (κ3) is 2.89. The van der Waals surface area contributed by atoms with Gasteiger partial charge in [-0.1, -0.05) is 17.7 Å². The molecule has 2 aromatic carbocycles. The van der Waals surface area contributed by atoms with Crippen molar-refractivity contribution in [2.24, 2.45) is 0 Å². The van der Waals surface area contributed by atoms with Crippen molar-refractivity contribution in [1.82, 2.24) is 0 Å². The summed E-state index contributed by atoms with van der Waals surface area (Å²) >= 11 is 5.78. The van der Waals surface area contributed by atoms with Crippen LogP contribution in [0.25, 0.3) is 0 Å². The standard InChI is InChI=1S/C13H10ClNO4/c14-8-2-1-3-9(6-8)15-13(19)7-4-10(16)12(18)11(17)5-7/h1-6,16-18H,(H,15,19). The van der Waals surface area contributed by atoms with Crippen molar-refractivity contribution in [3.8, 4) is 17.2 Å². The van der Waals surface area contributed by atoms with Crippen molar-refractivity contribution in [2.75, 3.05) is 5.32 Å². The van der Waals surface area contributed by atoms with E-state index in [1.54, 1.807) is 24.3 Å². The van der Waals surface area contributed by atoms with E-state index >= 15 is 0 Å². The van der Waals surface area contributed by atoms with Crippen LogP contribution in [-0.4, -0.2) is 21.2 Å². The van der Waals surface area contributed by atoms with Crippen LogP contribution in [0.2, 0.25) is 5.02 Å². The van der Waals surface area contributed by atoms with Crippen molar-refractivity contribution in [1.29, 1.82) is 0 Å². The van der Waals surface area contributed by atoms with E-state index in [1.807, 2.05) is 0 Å². The number of carbonyl (C=O) groups is 1. The number of rotatable bonds is 2. The molecule has 0 aromatic heterocycles. The first-order valence-electron chi connectivity index (χ1n) is 5.29. The van der Waals surface area contributed by atoms with E-state index in [0.717, 1.165) is 12.1 Å². The van der Waals surface area contributed by atoms with E-state index in [0.29, 0.717) is 10.7 Å². The number of benzene rings is 2. The topological polar surface area (TPSA) is 89.8 Å². The zero-order valence-electron chi connectivity index (χ0n) is 9.59. The molecule has 0 atom stereocenters. The molecule has 0 heterocycles. The van der Waals surface area contributed by atoms with Gasteiger partial charge in [0, 0.05) is 16.3 Å². The summed E-state index contributed by atoms with van der Waals surface area (Å²) in [5.41, 5.74) is 0.484. The number of aromatic hydroxyl groups is 3. The highest BCUT2D eigenvalue weighted by Crippen LogP contribution is 2.35. The molecule has 4 N–H and O–H groups in total. The fourth-order valence-electron chi connectivity index (χ4n) is 1.50. The van der Waals surface area contributed by atoms with Gasteiger partial charge in [-0.05, 0) is 30.3 Å².